The first kappa shape index (κ1) is 14.8. The van der Waals surface area contributed by atoms with E-state index in [1.54, 1.807) is 6.07 Å². The van der Waals surface area contributed by atoms with Gasteiger partial charge in [-0.15, -0.1) is 11.8 Å². The van der Waals surface area contributed by atoms with E-state index in [2.05, 4.69) is 0 Å². The minimum absolute atomic E-state index is 0.423. The van der Waals surface area contributed by atoms with Gasteiger partial charge in [-0.25, -0.2) is 8.78 Å². The SMILES string of the molecule is NCc1ccccc1OCCSc1ccc(F)c(F)c1. The van der Waals surface area contributed by atoms with E-state index in [9.17, 15) is 8.78 Å². The van der Waals surface area contributed by atoms with Gasteiger partial charge in [0.15, 0.2) is 11.6 Å². The molecule has 0 aromatic heterocycles. The first-order valence-electron chi connectivity index (χ1n) is 6.19. The number of hydrogen-bond acceptors (Lipinski definition) is 3. The number of rotatable bonds is 6. The molecule has 0 bridgehead atoms. The van der Waals surface area contributed by atoms with Gasteiger partial charge >= 0.3 is 0 Å². The molecule has 20 heavy (non-hydrogen) atoms. The van der Waals surface area contributed by atoms with Crippen LogP contribution in [0.1, 0.15) is 5.56 Å². The lowest BCUT2D eigenvalue weighted by Gasteiger charge is -2.10. The van der Waals surface area contributed by atoms with E-state index in [4.69, 9.17) is 10.5 Å². The Bertz CT molecular complexity index is 578. The Morgan fingerprint density at radius 3 is 2.60 bits per heavy atom. The quantitative estimate of drug-likeness (QED) is 0.653. The molecule has 0 saturated carbocycles. The van der Waals surface area contributed by atoms with Crippen molar-refractivity contribution in [1.29, 1.82) is 0 Å². The lowest BCUT2D eigenvalue weighted by Crippen LogP contribution is -2.05. The van der Waals surface area contributed by atoms with Gasteiger partial charge in [-0.05, 0) is 24.3 Å². The summed E-state index contributed by atoms with van der Waals surface area (Å²) in [6.45, 7) is 0.896. The number of nitrogens with two attached hydrogens (primary N) is 1. The Balaban J connectivity index is 1.83. The van der Waals surface area contributed by atoms with E-state index < -0.39 is 11.6 Å². The molecular weight excluding hydrogens is 280 g/mol. The molecule has 0 fully saturated rings. The molecule has 0 spiro atoms. The van der Waals surface area contributed by atoms with Crippen LogP contribution in [-0.4, -0.2) is 12.4 Å². The molecule has 2 N–H and O–H groups in total. The third-order valence-electron chi connectivity index (χ3n) is 2.69. The average molecular weight is 295 g/mol. The molecule has 0 radical (unpaired) electrons. The van der Waals surface area contributed by atoms with Crippen molar-refractivity contribution >= 4 is 11.8 Å². The van der Waals surface area contributed by atoms with Gasteiger partial charge in [0, 0.05) is 22.8 Å². The molecule has 2 nitrogen and oxygen atoms in total. The smallest absolute Gasteiger partial charge is 0.159 e. The standard InChI is InChI=1S/C15H15F2NOS/c16-13-6-5-12(9-14(13)17)20-8-7-19-15-4-2-1-3-11(15)10-18/h1-6,9H,7-8,10,18H2. The van der Waals surface area contributed by atoms with Crippen LogP contribution in [0.5, 0.6) is 5.75 Å². The van der Waals surface area contributed by atoms with Gasteiger partial charge < -0.3 is 10.5 Å². The lowest BCUT2D eigenvalue weighted by molar-refractivity contribution is 0.340. The zero-order valence-corrected chi connectivity index (χ0v) is 11.6. The van der Waals surface area contributed by atoms with Crippen LogP contribution < -0.4 is 10.5 Å². The molecule has 2 aromatic carbocycles. The summed E-state index contributed by atoms with van der Waals surface area (Å²) in [6, 6.07) is 11.4. The van der Waals surface area contributed by atoms with Crippen molar-refractivity contribution < 1.29 is 13.5 Å². The van der Waals surface area contributed by atoms with Gasteiger partial charge in [-0.3, -0.25) is 0 Å². The fraction of sp³-hybridized carbons (Fsp3) is 0.200. The van der Waals surface area contributed by atoms with E-state index in [0.717, 1.165) is 17.4 Å². The van der Waals surface area contributed by atoms with Crippen LogP contribution in [0.25, 0.3) is 0 Å². The normalized spacial score (nSPS) is 10.6. The molecule has 2 aromatic rings. The second-order valence-corrected chi connectivity index (χ2v) is 5.25. The summed E-state index contributed by atoms with van der Waals surface area (Å²) in [4.78, 5) is 0.680. The number of halogens is 2. The second-order valence-electron chi connectivity index (χ2n) is 4.08. The molecule has 2 rings (SSSR count). The van der Waals surface area contributed by atoms with Crippen molar-refractivity contribution in [3.63, 3.8) is 0 Å². The zero-order chi connectivity index (χ0) is 14.4. The molecule has 0 aliphatic rings. The number of hydrogen-bond donors (Lipinski definition) is 1. The predicted molar refractivity (Wildman–Crippen MR) is 76.9 cm³/mol. The maximum Gasteiger partial charge on any atom is 0.159 e. The first-order chi connectivity index (χ1) is 9.70. The Morgan fingerprint density at radius 2 is 1.85 bits per heavy atom. The van der Waals surface area contributed by atoms with Gasteiger partial charge in [-0.2, -0.15) is 0 Å². The molecule has 0 aliphatic heterocycles. The minimum atomic E-state index is -0.831. The highest BCUT2D eigenvalue weighted by Gasteiger charge is 2.04. The van der Waals surface area contributed by atoms with E-state index in [-0.39, 0.29) is 0 Å². The highest BCUT2D eigenvalue weighted by molar-refractivity contribution is 7.99. The van der Waals surface area contributed by atoms with Gasteiger partial charge in [0.2, 0.25) is 0 Å². The fourth-order valence-electron chi connectivity index (χ4n) is 1.69. The maximum absolute atomic E-state index is 13.0. The van der Waals surface area contributed by atoms with E-state index in [1.807, 2.05) is 24.3 Å². The molecule has 0 atom stereocenters. The third kappa shape index (κ3) is 3.95. The van der Waals surface area contributed by atoms with Crippen LogP contribution in [0.2, 0.25) is 0 Å². The van der Waals surface area contributed by atoms with Crippen LogP contribution in [0.4, 0.5) is 8.78 Å². The zero-order valence-electron chi connectivity index (χ0n) is 10.8. The molecule has 0 heterocycles. The van der Waals surface area contributed by atoms with E-state index >= 15 is 0 Å². The fourth-order valence-corrected chi connectivity index (χ4v) is 2.44. The summed E-state index contributed by atoms with van der Waals surface area (Å²) in [7, 11) is 0. The van der Waals surface area contributed by atoms with Gasteiger partial charge in [-0.1, -0.05) is 18.2 Å². The Kier molecular flexibility index (Phi) is 5.38. The van der Waals surface area contributed by atoms with E-state index in [1.165, 1.54) is 17.8 Å². The van der Waals surface area contributed by atoms with E-state index in [0.29, 0.717) is 23.8 Å². The molecular formula is C15H15F2NOS. The van der Waals surface area contributed by atoms with Crippen molar-refractivity contribution in [1.82, 2.24) is 0 Å². The molecule has 5 heteroatoms. The van der Waals surface area contributed by atoms with Gasteiger partial charge in [0.05, 0.1) is 6.61 Å². The highest BCUT2D eigenvalue weighted by Crippen LogP contribution is 2.21. The molecule has 106 valence electrons. The van der Waals surface area contributed by atoms with Crippen molar-refractivity contribution in [2.75, 3.05) is 12.4 Å². The summed E-state index contributed by atoms with van der Waals surface area (Å²) in [5, 5.41) is 0. The average Bonchev–Trinajstić information content (AvgIpc) is 2.47. The maximum atomic E-state index is 13.0. The monoisotopic (exact) mass is 295 g/mol. The summed E-state index contributed by atoms with van der Waals surface area (Å²) in [5.41, 5.74) is 6.56. The number of thioether (sulfide) groups is 1. The van der Waals surface area contributed by atoms with Crippen LogP contribution in [0.3, 0.4) is 0 Å². The summed E-state index contributed by atoms with van der Waals surface area (Å²) >= 11 is 1.41. The summed E-state index contributed by atoms with van der Waals surface area (Å²) in [5.74, 6) is -0.253. The largest absolute Gasteiger partial charge is 0.492 e. The second kappa shape index (κ2) is 7.26. The number of para-hydroxylation sites is 1. The topological polar surface area (TPSA) is 35.2 Å². The Morgan fingerprint density at radius 1 is 1.05 bits per heavy atom. The number of ether oxygens (including phenoxy) is 1. The molecule has 0 amide bonds. The van der Waals surface area contributed by atoms with Crippen LogP contribution >= 0.6 is 11.8 Å². The van der Waals surface area contributed by atoms with Crippen LogP contribution in [0.15, 0.2) is 47.4 Å². The highest BCUT2D eigenvalue weighted by atomic mass is 32.2. The lowest BCUT2D eigenvalue weighted by atomic mass is 10.2. The minimum Gasteiger partial charge on any atom is -0.492 e. The summed E-state index contributed by atoms with van der Waals surface area (Å²) < 4.78 is 31.4. The van der Waals surface area contributed by atoms with Crippen LogP contribution in [0, 0.1) is 11.6 Å². The van der Waals surface area contributed by atoms with Crippen LogP contribution in [-0.2, 0) is 6.54 Å². The Hall–Kier alpha value is -1.59. The first-order valence-corrected chi connectivity index (χ1v) is 7.18. The van der Waals surface area contributed by atoms with Crippen molar-refractivity contribution in [3.05, 3.63) is 59.7 Å². The molecule has 0 saturated heterocycles. The molecule has 0 unspecified atom stereocenters. The third-order valence-corrected chi connectivity index (χ3v) is 3.65. The van der Waals surface area contributed by atoms with Crippen molar-refractivity contribution in [3.8, 4) is 5.75 Å². The Labute approximate surface area is 120 Å². The predicted octanol–water partition coefficient (Wildman–Crippen LogP) is 3.59. The van der Waals surface area contributed by atoms with Crippen molar-refractivity contribution in [2.24, 2.45) is 5.73 Å². The summed E-state index contributed by atoms with van der Waals surface area (Å²) in [6.07, 6.45) is 0. The van der Waals surface area contributed by atoms with Crippen molar-refractivity contribution in [2.45, 2.75) is 11.4 Å². The van der Waals surface area contributed by atoms with Gasteiger partial charge in [0.1, 0.15) is 5.75 Å². The van der Waals surface area contributed by atoms with Gasteiger partial charge in [0.25, 0.3) is 0 Å². The molecule has 0 aliphatic carbocycles. The number of benzene rings is 2.